The van der Waals surface area contributed by atoms with Crippen LogP contribution in [0, 0.1) is 12.8 Å². The van der Waals surface area contributed by atoms with E-state index < -0.39 is 10.0 Å². The maximum Gasteiger partial charge on any atom is 0.227 e. The molecule has 0 unspecified atom stereocenters. The van der Waals surface area contributed by atoms with Gasteiger partial charge in [-0.1, -0.05) is 6.07 Å². The molecular formula is C22H30N6O2S. The zero-order valence-corrected chi connectivity index (χ0v) is 18.9. The monoisotopic (exact) mass is 442 g/mol. The second-order valence-electron chi connectivity index (χ2n) is 8.43. The smallest absolute Gasteiger partial charge is 0.227 e. The predicted molar refractivity (Wildman–Crippen MR) is 123 cm³/mol. The molecule has 0 bridgehead atoms. The van der Waals surface area contributed by atoms with E-state index in [0.717, 1.165) is 48.1 Å². The van der Waals surface area contributed by atoms with Crippen LogP contribution in [0.5, 0.6) is 0 Å². The van der Waals surface area contributed by atoms with Crippen LogP contribution in [-0.4, -0.2) is 53.7 Å². The van der Waals surface area contributed by atoms with E-state index in [1.54, 1.807) is 0 Å². The Kier molecular flexibility index (Phi) is 6.52. The van der Waals surface area contributed by atoms with Crippen molar-refractivity contribution in [1.82, 2.24) is 24.7 Å². The van der Waals surface area contributed by atoms with Gasteiger partial charge in [0.1, 0.15) is 5.65 Å². The summed E-state index contributed by atoms with van der Waals surface area (Å²) >= 11 is 0. The second-order valence-corrected chi connectivity index (χ2v) is 10.3. The van der Waals surface area contributed by atoms with Crippen molar-refractivity contribution in [3.8, 4) is 0 Å². The number of pyridine rings is 1. The van der Waals surface area contributed by atoms with Crippen LogP contribution in [-0.2, 0) is 16.4 Å². The van der Waals surface area contributed by atoms with Gasteiger partial charge in [0.25, 0.3) is 0 Å². The van der Waals surface area contributed by atoms with Gasteiger partial charge in [-0.15, -0.1) is 0 Å². The highest BCUT2D eigenvalue weighted by atomic mass is 32.2. The van der Waals surface area contributed by atoms with E-state index in [2.05, 4.69) is 29.6 Å². The van der Waals surface area contributed by atoms with Crippen LogP contribution in [0.25, 0.3) is 11.0 Å². The fraction of sp³-hybridized carbons (Fsp3) is 0.500. The molecule has 3 heterocycles. The molecule has 1 fully saturated rings. The Morgan fingerprint density at radius 3 is 2.74 bits per heavy atom. The Hall–Kier alpha value is -2.52. The zero-order valence-electron chi connectivity index (χ0n) is 18.1. The summed E-state index contributed by atoms with van der Waals surface area (Å²) in [6, 6.07) is 8.09. The first-order valence-electron chi connectivity index (χ1n) is 10.8. The molecule has 2 N–H and O–H groups in total. The molecule has 0 radical (unpaired) electrons. The molecule has 0 amide bonds. The predicted octanol–water partition coefficient (Wildman–Crippen LogP) is 2.82. The number of hydrogen-bond acceptors (Lipinski definition) is 6. The van der Waals surface area contributed by atoms with Crippen molar-refractivity contribution in [3.05, 3.63) is 48.0 Å². The van der Waals surface area contributed by atoms with Gasteiger partial charge >= 0.3 is 0 Å². The lowest BCUT2D eigenvalue weighted by molar-refractivity contribution is 0.339. The molecule has 166 valence electrons. The normalized spacial score (nSPS) is 19.5. The van der Waals surface area contributed by atoms with E-state index in [1.807, 2.05) is 50.6 Å². The molecule has 0 saturated heterocycles. The number of hydrogen-bond donors (Lipinski definition) is 2. The van der Waals surface area contributed by atoms with Gasteiger partial charge in [0.15, 0.2) is 0 Å². The van der Waals surface area contributed by atoms with E-state index >= 15 is 0 Å². The van der Waals surface area contributed by atoms with Gasteiger partial charge in [0, 0.05) is 55.2 Å². The number of nitrogens with zero attached hydrogens (tertiary/aromatic N) is 4. The summed E-state index contributed by atoms with van der Waals surface area (Å²) in [6.07, 6.45) is 7.96. The summed E-state index contributed by atoms with van der Waals surface area (Å²) in [5.41, 5.74) is 2.69. The van der Waals surface area contributed by atoms with Crippen LogP contribution < -0.4 is 9.62 Å². The van der Waals surface area contributed by atoms with Gasteiger partial charge in [0.2, 0.25) is 16.0 Å². The van der Waals surface area contributed by atoms with Gasteiger partial charge in [-0.3, -0.25) is 4.98 Å². The van der Waals surface area contributed by atoms with Crippen molar-refractivity contribution in [1.29, 1.82) is 0 Å². The molecule has 8 nitrogen and oxygen atoms in total. The number of H-pyrrole nitrogens is 1. The third-order valence-corrected chi connectivity index (χ3v) is 7.63. The number of rotatable bonds is 8. The number of sulfonamides is 1. The first kappa shape index (κ1) is 21.7. The molecule has 31 heavy (non-hydrogen) atoms. The van der Waals surface area contributed by atoms with E-state index in [-0.39, 0.29) is 11.7 Å². The highest BCUT2D eigenvalue weighted by Gasteiger charge is 2.28. The zero-order chi connectivity index (χ0) is 21.8. The van der Waals surface area contributed by atoms with Crippen LogP contribution in [0.15, 0.2) is 36.7 Å². The van der Waals surface area contributed by atoms with Crippen LogP contribution in [0.1, 0.15) is 37.1 Å². The quantitative estimate of drug-likeness (QED) is 0.556. The lowest BCUT2D eigenvalue weighted by Crippen LogP contribution is -2.38. The van der Waals surface area contributed by atoms with Crippen LogP contribution in [0.4, 0.5) is 5.95 Å². The summed E-state index contributed by atoms with van der Waals surface area (Å²) in [6.45, 7) is 2.32. The lowest BCUT2D eigenvalue weighted by Gasteiger charge is -2.34. The Morgan fingerprint density at radius 1 is 1.16 bits per heavy atom. The topological polar surface area (TPSA) is 104 Å². The minimum absolute atomic E-state index is 0.186. The Bertz CT molecular complexity index is 1120. The number of aromatic nitrogens is 4. The van der Waals surface area contributed by atoms with Crippen LogP contribution >= 0.6 is 0 Å². The Labute approximate surface area is 183 Å². The molecule has 0 aliphatic heterocycles. The standard InChI is InChI=1S/C22H30N6O2S/c1-16-4-3-5-19(26-16)11-13-25-31(29,30)15-17-6-8-20(9-7-17)28(2)22-24-14-18-10-12-23-21(18)27-22/h3-5,10,12,14,17,20,25H,6-9,11,13,15H2,1-2H3,(H,23,24,27)/t17-,20-. The Morgan fingerprint density at radius 2 is 1.97 bits per heavy atom. The minimum atomic E-state index is -3.29. The van der Waals surface area contributed by atoms with Crippen molar-refractivity contribution in [2.24, 2.45) is 5.92 Å². The molecule has 1 aliphatic rings. The highest BCUT2D eigenvalue weighted by Crippen LogP contribution is 2.29. The summed E-state index contributed by atoms with van der Waals surface area (Å²) in [5, 5.41) is 0.997. The summed E-state index contributed by atoms with van der Waals surface area (Å²) < 4.78 is 27.8. The highest BCUT2D eigenvalue weighted by molar-refractivity contribution is 7.89. The van der Waals surface area contributed by atoms with E-state index in [0.29, 0.717) is 25.0 Å². The summed E-state index contributed by atoms with van der Waals surface area (Å²) in [7, 11) is -1.27. The van der Waals surface area contributed by atoms with E-state index in [4.69, 9.17) is 0 Å². The number of fused-ring (bicyclic) bond motifs is 1. The van der Waals surface area contributed by atoms with Crippen molar-refractivity contribution in [2.45, 2.75) is 45.1 Å². The van der Waals surface area contributed by atoms with E-state index in [9.17, 15) is 8.42 Å². The molecule has 0 aromatic carbocycles. The molecule has 1 aliphatic carbocycles. The molecule has 1 saturated carbocycles. The van der Waals surface area contributed by atoms with Gasteiger partial charge < -0.3 is 9.88 Å². The van der Waals surface area contributed by atoms with Gasteiger partial charge in [0.05, 0.1) is 5.75 Å². The maximum absolute atomic E-state index is 12.5. The molecule has 0 spiro atoms. The molecule has 4 rings (SSSR count). The third kappa shape index (κ3) is 5.59. The summed E-state index contributed by atoms with van der Waals surface area (Å²) in [4.78, 5) is 18.8. The van der Waals surface area contributed by atoms with Crippen molar-refractivity contribution >= 4 is 27.0 Å². The largest absolute Gasteiger partial charge is 0.346 e. The molecule has 0 atom stereocenters. The van der Waals surface area contributed by atoms with E-state index in [1.165, 1.54) is 0 Å². The fourth-order valence-electron chi connectivity index (χ4n) is 4.30. The van der Waals surface area contributed by atoms with Gasteiger partial charge in [-0.2, -0.15) is 4.98 Å². The molecule has 3 aromatic heterocycles. The second kappa shape index (κ2) is 9.32. The third-order valence-electron chi connectivity index (χ3n) is 6.07. The fourth-order valence-corrected chi connectivity index (χ4v) is 5.79. The van der Waals surface area contributed by atoms with Crippen molar-refractivity contribution in [3.63, 3.8) is 0 Å². The number of anilines is 1. The lowest BCUT2D eigenvalue weighted by atomic mass is 9.87. The molecular weight excluding hydrogens is 412 g/mol. The average molecular weight is 443 g/mol. The van der Waals surface area contributed by atoms with Crippen LogP contribution in [0.3, 0.4) is 0 Å². The van der Waals surface area contributed by atoms with Crippen LogP contribution in [0.2, 0.25) is 0 Å². The first-order valence-corrected chi connectivity index (χ1v) is 12.5. The van der Waals surface area contributed by atoms with Crippen molar-refractivity contribution < 1.29 is 8.42 Å². The van der Waals surface area contributed by atoms with Crippen molar-refractivity contribution in [2.75, 3.05) is 24.2 Å². The average Bonchev–Trinajstić information content (AvgIpc) is 3.21. The van der Waals surface area contributed by atoms with Gasteiger partial charge in [-0.05, 0) is 56.7 Å². The molecule has 3 aromatic rings. The molecule has 9 heteroatoms. The number of aryl methyl sites for hydroxylation is 1. The van der Waals surface area contributed by atoms with Gasteiger partial charge in [-0.25, -0.2) is 18.1 Å². The SMILES string of the molecule is Cc1cccc(CCNS(=O)(=O)C[C@H]2CC[C@H](N(C)c3ncc4cc[nH]c4n3)CC2)n1. The Balaban J connectivity index is 1.25. The number of aromatic amines is 1. The number of nitrogens with one attached hydrogen (secondary N) is 2. The summed E-state index contributed by atoms with van der Waals surface area (Å²) in [5.74, 6) is 1.08. The first-order chi connectivity index (χ1) is 14.9. The minimum Gasteiger partial charge on any atom is -0.346 e. The maximum atomic E-state index is 12.5.